The lowest BCUT2D eigenvalue weighted by Gasteiger charge is -2.20. The standard InChI is InChI=1S/C42H26O6/c43-37-36(38(44)40(46)41(47)39(37)45)35-27-15-5-3-13-25(27)33(26-14-4-6-16-28(26)35)30-19-9-21-32-34(30)31-20-8-18-29(42(31)48-32)24-17-7-11-22-10-1-2-12-23(22)24/h1-21,43-47H. The van der Waals surface area contributed by atoms with Crippen molar-refractivity contribution in [2.75, 3.05) is 0 Å². The SMILES string of the molecule is Oc1c(O)c(O)c(-c2c3ccccc3c(-c3cccc4oc5c(-c6cccc7ccccc67)cccc5c34)c3ccccc23)c(O)c1O. The molecule has 0 radical (unpaired) electrons. The molecule has 6 heteroatoms. The quantitative estimate of drug-likeness (QED) is 0.0757. The third-order valence-electron chi connectivity index (χ3n) is 9.42. The van der Waals surface area contributed by atoms with Crippen molar-refractivity contribution >= 4 is 54.3 Å². The van der Waals surface area contributed by atoms with Crippen molar-refractivity contribution in [1.29, 1.82) is 0 Å². The molecule has 8 aromatic carbocycles. The van der Waals surface area contributed by atoms with Crippen LogP contribution in [0.5, 0.6) is 28.7 Å². The molecule has 0 saturated heterocycles. The van der Waals surface area contributed by atoms with Gasteiger partial charge in [0.1, 0.15) is 11.2 Å². The summed E-state index contributed by atoms with van der Waals surface area (Å²) in [5, 5.41) is 60.4. The Morgan fingerprint density at radius 2 is 0.792 bits per heavy atom. The van der Waals surface area contributed by atoms with Gasteiger partial charge in [-0.1, -0.05) is 121 Å². The molecule has 0 saturated carbocycles. The summed E-state index contributed by atoms with van der Waals surface area (Å²) in [7, 11) is 0. The summed E-state index contributed by atoms with van der Waals surface area (Å²) in [5.41, 5.74) is 5.66. The Labute approximate surface area is 273 Å². The van der Waals surface area contributed by atoms with Gasteiger partial charge < -0.3 is 29.9 Å². The summed E-state index contributed by atoms with van der Waals surface area (Å²) in [6.45, 7) is 0. The number of phenolic OH excluding ortho intramolecular Hbond substituents is 5. The highest BCUT2D eigenvalue weighted by atomic mass is 16.4. The topological polar surface area (TPSA) is 114 Å². The average molecular weight is 627 g/mol. The van der Waals surface area contributed by atoms with Gasteiger partial charge in [0.15, 0.2) is 11.5 Å². The smallest absolute Gasteiger partial charge is 0.208 e. The largest absolute Gasteiger partial charge is 0.504 e. The lowest BCUT2D eigenvalue weighted by molar-refractivity contribution is 0.330. The minimum absolute atomic E-state index is 0.187. The molecule has 0 spiro atoms. The number of aromatic hydroxyl groups is 5. The lowest BCUT2D eigenvalue weighted by atomic mass is 9.84. The van der Waals surface area contributed by atoms with E-state index in [-0.39, 0.29) is 5.56 Å². The van der Waals surface area contributed by atoms with Gasteiger partial charge in [0, 0.05) is 21.9 Å². The number of hydrogen-bond donors (Lipinski definition) is 5. The Morgan fingerprint density at radius 3 is 1.46 bits per heavy atom. The molecule has 9 aromatic rings. The van der Waals surface area contributed by atoms with Crippen LogP contribution in [0.25, 0.3) is 87.6 Å². The van der Waals surface area contributed by atoms with E-state index in [0.717, 1.165) is 65.7 Å². The summed E-state index contributed by atoms with van der Waals surface area (Å²) in [4.78, 5) is 0. The highest BCUT2D eigenvalue weighted by Crippen LogP contribution is 2.58. The van der Waals surface area contributed by atoms with Gasteiger partial charge in [-0.05, 0) is 55.1 Å². The molecular weight excluding hydrogens is 600 g/mol. The zero-order valence-electron chi connectivity index (χ0n) is 25.3. The van der Waals surface area contributed by atoms with Crippen molar-refractivity contribution < 1.29 is 29.9 Å². The zero-order chi connectivity index (χ0) is 32.7. The molecule has 0 unspecified atom stereocenters. The first-order chi connectivity index (χ1) is 23.4. The Balaban J connectivity index is 1.40. The molecule has 1 aromatic heterocycles. The van der Waals surface area contributed by atoms with E-state index in [1.807, 2.05) is 72.8 Å². The third kappa shape index (κ3) is 3.74. The van der Waals surface area contributed by atoms with Crippen molar-refractivity contribution in [3.8, 4) is 62.1 Å². The Bertz CT molecular complexity index is 2700. The number of fused-ring (bicyclic) bond motifs is 6. The molecular formula is C42H26O6. The highest BCUT2D eigenvalue weighted by Gasteiger charge is 2.28. The molecule has 0 fully saturated rings. The van der Waals surface area contributed by atoms with Crippen LogP contribution in [-0.2, 0) is 0 Å². The van der Waals surface area contributed by atoms with Gasteiger partial charge in [0.25, 0.3) is 0 Å². The van der Waals surface area contributed by atoms with Crippen LogP contribution < -0.4 is 0 Å². The first kappa shape index (κ1) is 27.6. The van der Waals surface area contributed by atoms with E-state index in [9.17, 15) is 25.5 Å². The molecule has 230 valence electrons. The fourth-order valence-corrected chi connectivity index (χ4v) is 7.34. The van der Waals surface area contributed by atoms with Gasteiger partial charge >= 0.3 is 0 Å². The predicted octanol–water partition coefficient (Wildman–Crippen LogP) is 10.6. The van der Waals surface area contributed by atoms with Crippen LogP contribution in [0.15, 0.2) is 132 Å². The van der Waals surface area contributed by atoms with E-state index in [1.54, 1.807) is 0 Å². The molecule has 0 aliphatic carbocycles. The molecule has 48 heavy (non-hydrogen) atoms. The lowest BCUT2D eigenvalue weighted by Crippen LogP contribution is -1.92. The van der Waals surface area contributed by atoms with Gasteiger partial charge in [-0.25, -0.2) is 0 Å². The summed E-state index contributed by atoms with van der Waals surface area (Å²) in [5.74, 6) is -4.33. The number of phenols is 5. The van der Waals surface area contributed by atoms with Gasteiger partial charge in [-0.2, -0.15) is 0 Å². The number of benzene rings is 8. The summed E-state index contributed by atoms with van der Waals surface area (Å²) in [6.07, 6.45) is 0. The van der Waals surface area contributed by atoms with E-state index in [0.29, 0.717) is 16.3 Å². The van der Waals surface area contributed by atoms with Crippen molar-refractivity contribution in [2.45, 2.75) is 0 Å². The van der Waals surface area contributed by atoms with Crippen LogP contribution in [0, 0.1) is 0 Å². The number of rotatable bonds is 3. The van der Waals surface area contributed by atoms with E-state index in [4.69, 9.17) is 4.42 Å². The van der Waals surface area contributed by atoms with E-state index < -0.39 is 28.7 Å². The number of furan rings is 1. The van der Waals surface area contributed by atoms with Gasteiger partial charge in [-0.3, -0.25) is 0 Å². The Morgan fingerprint density at radius 1 is 0.333 bits per heavy atom. The second-order valence-corrected chi connectivity index (χ2v) is 11.9. The molecule has 0 aliphatic heterocycles. The first-order valence-corrected chi connectivity index (χ1v) is 15.5. The Hall–Kier alpha value is -6.66. The van der Waals surface area contributed by atoms with E-state index >= 15 is 0 Å². The van der Waals surface area contributed by atoms with Gasteiger partial charge in [0.2, 0.25) is 17.2 Å². The fraction of sp³-hybridized carbons (Fsp3) is 0. The predicted molar refractivity (Wildman–Crippen MR) is 191 cm³/mol. The van der Waals surface area contributed by atoms with Crippen molar-refractivity contribution in [1.82, 2.24) is 0 Å². The summed E-state index contributed by atoms with van der Waals surface area (Å²) < 4.78 is 6.69. The maximum Gasteiger partial charge on any atom is 0.208 e. The summed E-state index contributed by atoms with van der Waals surface area (Å²) >= 11 is 0. The normalized spacial score (nSPS) is 11.8. The van der Waals surface area contributed by atoms with Crippen LogP contribution in [0.4, 0.5) is 0 Å². The second kappa shape index (κ2) is 10.2. The molecule has 0 aliphatic rings. The minimum Gasteiger partial charge on any atom is -0.504 e. The molecule has 9 rings (SSSR count). The van der Waals surface area contributed by atoms with Crippen molar-refractivity contribution in [2.24, 2.45) is 0 Å². The first-order valence-electron chi connectivity index (χ1n) is 15.5. The van der Waals surface area contributed by atoms with E-state index in [1.165, 1.54) is 0 Å². The molecule has 0 amide bonds. The van der Waals surface area contributed by atoms with E-state index in [2.05, 4.69) is 54.6 Å². The van der Waals surface area contributed by atoms with Crippen LogP contribution in [0.3, 0.4) is 0 Å². The number of hydrogen-bond acceptors (Lipinski definition) is 6. The van der Waals surface area contributed by atoms with Crippen LogP contribution in [0.2, 0.25) is 0 Å². The number of para-hydroxylation sites is 1. The monoisotopic (exact) mass is 626 g/mol. The zero-order valence-corrected chi connectivity index (χ0v) is 25.3. The van der Waals surface area contributed by atoms with Crippen LogP contribution >= 0.6 is 0 Å². The average Bonchev–Trinajstić information content (AvgIpc) is 3.52. The van der Waals surface area contributed by atoms with Gasteiger partial charge in [0.05, 0.1) is 5.56 Å². The molecule has 0 atom stereocenters. The molecule has 5 N–H and O–H groups in total. The maximum absolute atomic E-state index is 11.1. The van der Waals surface area contributed by atoms with Gasteiger partial charge in [-0.15, -0.1) is 0 Å². The third-order valence-corrected chi connectivity index (χ3v) is 9.42. The molecule has 1 heterocycles. The fourth-order valence-electron chi connectivity index (χ4n) is 7.34. The van der Waals surface area contributed by atoms with Crippen LogP contribution in [0.1, 0.15) is 0 Å². The highest BCUT2D eigenvalue weighted by molar-refractivity contribution is 6.27. The molecule has 0 bridgehead atoms. The summed E-state index contributed by atoms with van der Waals surface area (Å²) in [6, 6.07) is 42.1. The Kier molecular flexibility index (Phi) is 5.86. The minimum atomic E-state index is -1.000. The second-order valence-electron chi connectivity index (χ2n) is 11.9. The van der Waals surface area contributed by atoms with Crippen molar-refractivity contribution in [3.63, 3.8) is 0 Å². The molecule has 6 nitrogen and oxygen atoms in total. The van der Waals surface area contributed by atoms with Crippen LogP contribution in [-0.4, -0.2) is 25.5 Å². The van der Waals surface area contributed by atoms with Crippen molar-refractivity contribution in [3.05, 3.63) is 127 Å². The maximum atomic E-state index is 11.1.